The van der Waals surface area contributed by atoms with Crippen LogP contribution in [0.15, 0.2) is 0 Å². The van der Waals surface area contributed by atoms with E-state index in [0.29, 0.717) is 25.9 Å². The van der Waals surface area contributed by atoms with Gasteiger partial charge < -0.3 is 25.0 Å². The van der Waals surface area contributed by atoms with Gasteiger partial charge in [-0.05, 0) is 32.9 Å². The quantitative estimate of drug-likeness (QED) is 0.654. The van der Waals surface area contributed by atoms with E-state index in [9.17, 15) is 9.59 Å². The number of nitrogens with one attached hydrogen (secondary N) is 1. The molecule has 1 fully saturated rings. The Labute approximate surface area is 119 Å². The van der Waals surface area contributed by atoms with E-state index in [1.807, 2.05) is 14.1 Å². The first kappa shape index (κ1) is 16.7. The van der Waals surface area contributed by atoms with E-state index in [2.05, 4.69) is 5.32 Å². The minimum atomic E-state index is -0.951. The van der Waals surface area contributed by atoms with Crippen molar-refractivity contribution in [2.24, 2.45) is 0 Å². The van der Waals surface area contributed by atoms with Crippen LogP contribution in [0.4, 0.5) is 4.79 Å². The highest BCUT2D eigenvalue weighted by molar-refractivity contribution is 5.74. The number of ether oxygens (including phenoxy) is 1. The molecule has 1 rings (SSSR count). The van der Waals surface area contributed by atoms with Gasteiger partial charge in [-0.2, -0.15) is 0 Å². The normalized spacial score (nSPS) is 16.2. The van der Waals surface area contributed by atoms with Crippen LogP contribution < -0.4 is 5.32 Å². The van der Waals surface area contributed by atoms with Crippen molar-refractivity contribution in [1.29, 1.82) is 0 Å². The molecule has 0 aromatic carbocycles. The number of piperidine rings is 1. The predicted octanol–water partition coefficient (Wildman–Crippen LogP) is 0.213. The van der Waals surface area contributed by atoms with Gasteiger partial charge in [0.25, 0.3) is 0 Å². The predicted molar refractivity (Wildman–Crippen MR) is 74.8 cm³/mol. The lowest BCUT2D eigenvalue weighted by Crippen LogP contribution is -2.47. The fraction of sp³-hybridized carbons (Fsp3) is 0.846. The smallest absolute Gasteiger partial charge is 0.329 e. The first-order chi connectivity index (χ1) is 9.54. The largest absolute Gasteiger partial charge is 0.480 e. The second-order valence-electron chi connectivity index (χ2n) is 5.05. The number of carboxylic acids is 1. The van der Waals surface area contributed by atoms with Crippen LogP contribution in [0.25, 0.3) is 0 Å². The Hall–Kier alpha value is -1.34. The molecule has 0 aromatic heterocycles. The molecular formula is C13H25N3O4. The van der Waals surface area contributed by atoms with Crippen LogP contribution >= 0.6 is 0 Å². The number of hydrogen-bond acceptors (Lipinski definition) is 4. The second-order valence-corrected chi connectivity index (χ2v) is 5.05. The van der Waals surface area contributed by atoms with Crippen LogP contribution in [-0.4, -0.2) is 79.9 Å². The summed E-state index contributed by atoms with van der Waals surface area (Å²) in [6, 6.07) is 0.0396. The van der Waals surface area contributed by atoms with Crippen LogP contribution in [0, 0.1) is 0 Å². The SMILES string of the molecule is CNCCCN(C)C(=O)N1CCC(OCC(=O)O)CC1. The van der Waals surface area contributed by atoms with Crippen molar-refractivity contribution in [2.75, 3.05) is 46.9 Å². The summed E-state index contributed by atoms with van der Waals surface area (Å²) in [5.41, 5.74) is 0. The summed E-state index contributed by atoms with van der Waals surface area (Å²) in [4.78, 5) is 26.1. The van der Waals surface area contributed by atoms with Crippen LogP contribution in [0.3, 0.4) is 0 Å². The Kier molecular flexibility index (Phi) is 7.32. The highest BCUT2D eigenvalue weighted by Gasteiger charge is 2.25. The topological polar surface area (TPSA) is 82.1 Å². The average Bonchev–Trinajstić information content (AvgIpc) is 2.45. The number of carbonyl (C=O) groups is 2. The molecule has 0 bridgehead atoms. The van der Waals surface area contributed by atoms with Gasteiger partial charge in [0.2, 0.25) is 0 Å². The summed E-state index contributed by atoms with van der Waals surface area (Å²) < 4.78 is 5.25. The molecule has 0 atom stereocenters. The fourth-order valence-corrected chi connectivity index (χ4v) is 2.23. The molecular weight excluding hydrogens is 262 g/mol. The molecule has 0 spiro atoms. The van der Waals surface area contributed by atoms with Crippen molar-refractivity contribution < 1.29 is 19.4 Å². The maximum atomic E-state index is 12.2. The van der Waals surface area contributed by atoms with Gasteiger partial charge in [0.1, 0.15) is 6.61 Å². The number of carbonyl (C=O) groups excluding carboxylic acids is 1. The Balaban J connectivity index is 2.26. The Morgan fingerprint density at radius 3 is 2.60 bits per heavy atom. The number of urea groups is 1. The number of nitrogens with zero attached hydrogens (tertiary/aromatic N) is 2. The van der Waals surface area contributed by atoms with Crippen molar-refractivity contribution >= 4 is 12.0 Å². The van der Waals surface area contributed by atoms with Crippen LogP contribution in [-0.2, 0) is 9.53 Å². The van der Waals surface area contributed by atoms with Crippen molar-refractivity contribution in [3.63, 3.8) is 0 Å². The van der Waals surface area contributed by atoms with E-state index in [0.717, 1.165) is 19.5 Å². The number of aliphatic carboxylic acids is 1. The maximum absolute atomic E-state index is 12.2. The lowest BCUT2D eigenvalue weighted by atomic mass is 10.1. The number of carboxylic acid groups (broad SMARTS) is 1. The van der Waals surface area contributed by atoms with Gasteiger partial charge in [0.15, 0.2) is 0 Å². The zero-order valence-corrected chi connectivity index (χ0v) is 12.3. The van der Waals surface area contributed by atoms with Gasteiger partial charge in [-0.1, -0.05) is 0 Å². The molecule has 2 amide bonds. The van der Waals surface area contributed by atoms with E-state index in [1.54, 1.807) is 9.80 Å². The van der Waals surface area contributed by atoms with Crippen LogP contribution in [0.1, 0.15) is 19.3 Å². The van der Waals surface area contributed by atoms with E-state index in [1.165, 1.54) is 0 Å². The summed E-state index contributed by atoms with van der Waals surface area (Å²) in [5.74, 6) is -0.951. The number of rotatable bonds is 7. The van der Waals surface area contributed by atoms with Crippen LogP contribution in [0.5, 0.6) is 0 Å². The van der Waals surface area contributed by atoms with E-state index in [4.69, 9.17) is 9.84 Å². The van der Waals surface area contributed by atoms with E-state index >= 15 is 0 Å². The lowest BCUT2D eigenvalue weighted by molar-refractivity contribution is -0.145. The summed E-state index contributed by atoms with van der Waals surface area (Å²) in [6.07, 6.45) is 2.27. The third-order valence-corrected chi connectivity index (χ3v) is 3.40. The molecule has 116 valence electrons. The van der Waals surface area contributed by atoms with Gasteiger partial charge in [-0.3, -0.25) is 0 Å². The first-order valence-electron chi connectivity index (χ1n) is 7.02. The van der Waals surface area contributed by atoms with Gasteiger partial charge in [-0.25, -0.2) is 9.59 Å². The Bertz CT molecular complexity index is 317. The van der Waals surface area contributed by atoms with Gasteiger partial charge in [0.05, 0.1) is 6.10 Å². The van der Waals surface area contributed by atoms with Crippen molar-refractivity contribution in [1.82, 2.24) is 15.1 Å². The molecule has 0 unspecified atom stereocenters. The molecule has 2 N–H and O–H groups in total. The zero-order chi connectivity index (χ0) is 15.0. The molecule has 7 nitrogen and oxygen atoms in total. The van der Waals surface area contributed by atoms with Gasteiger partial charge in [-0.15, -0.1) is 0 Å². The molecule has 20 heavy (non-hydrogen) atoms. The van der Waals surface area contributed by atoms with Gasteiger partial charge in [0, 0.05) is 26.7 Å². The molecule has 0 aromatic rings. The first-order valence-corrected chi connectivity index (χ1v) is 7.02. The standard InChI is InChI=1S/C13H25N3O4/c1-14-6-3-7-15(2)13(19)16-8-4-11(5-9-16)20-10-12(17)18/h11,14H,3-10H2,1-2H3,(H,17,18). The van der Waals surface area contributed by atoms with Crippen LogP contribution in [0.2, 0.25) is 0 Å². The minimum Gasteiger partial charge on any atom is -0.480 e. The third kappa shape index (κ3) is 5.75. The molecule has 0 radical (unpaired) electrons. The second kappa shape index (κ2) is 8.76. The number of hydrogen-bond donors (Lipinski definition) is 2. The summed E-state index contributed by atoms with van der Waals surface area (Å²) in [7, 11) is 3.70. The lowest BCUT2D eigenvalue weighted by Gasteiger charge is -2.34. The summed E-state index contributed by atoms with van der Waals surface area (Å²) in [5, 5.41) is 11.6. The zero-order valence-electron chi connectivity index (χ0n) is 12.3. The summed E-state index contributed by atoms with van der Waals surface area (Å²) >= 11 is 0. The maximum Gasteiger partial charge on any atom is 0.329 e. The molecule has 1 heterocycles. The van der Waals surface area contributed by atoms with Crippen molar-refractivity contribution in [3.05, 3.63) is 0 Å². The highest BCUT2D eigenvalue weighted by atomic mass is 16.5. The monoisotopic (exact) mass is 287 g/mol. The highest BCUT2D eigenvalue weighted by Crippen LogP contribution is 2.15. The van der Waals surface area contributed by atoms with Crippen molar-refractivity contribution in [3.8, 4) is 0 Å². The average molecular weight is 287 g/mol. The fourth-order valence-electron chi connectivity index (χ4n) is 2.23. The number of amides is 2. The minimum absolute atomic E-state index is 0.0396. The number of likely N-dealkylation sites (tertiary alicyclic amines) is 1. The summed E-state index contributed by atoms with van der Waals surface area (Å²) in [6.45, 7) is 2.61. The van der Waals surface area contributed by atoms with Crippen molar-refractivity contribution in [2.45, 2.75) is 25.4 Å². The molecule has 0 aliphatic carbocycles. The Morgan fingerprint density at radius 2 is 2.05 bits per heavy atom. The van der Waals surface area contributed by atoms with E-state index < -0.39 is 5.97 Å². The van der Waals surface area contributed by atoms with E-state index in [-0.39, 0.29) is 18.7 Å². The Morgan fingerprint density at radius 1 is 1.40 bits per heavy atom. The third-order valence-electron chi connectivity index (χ3n) is 3.40. The molecule has 1 saturated heterocycles. The molecule has 1 aliphatic heterocycles. The molecule has 7 heteroatoms. The molecule has 0 saturated carbocycles. The molecule has 1 aliphatic rings. The van der Waals surface area contributed by atoms with Gasteiger partial charge >= 0.3 is 12.0 Å².